The number of urea groups is 1. The third kappa shape index (κ3) is 3.48. The summed E-state index contributed by atoms with van der Waals surface area (Å²) in [4.78, 5) is 24.0. The quantitative estimate of drug-likeness (QED) is 0.849. The molecule has 3 aliphatic rings. The molecule has 154 valence electrons. The molecule has 2 amide bonds. The molecular weight excluding hydrogens is 374 g/mol. The lowest BCUT2D eigenvalue weighted by atomic mass is 9.96. The number of carbonyl (C=O) groups is 1. The van der Waals surface area contributed by atoms with E-state index in [4.69, 9.17) is 4.99 Å². The number of amidine groups is 1. The Morgan fingerprint density at radius 2 is 1.83 bits per heavy atom. The molecule has 2 aromatic carbocycles. The first-order chi connectivity index (χ1) is 14.6. The maximum Gasteiger partial charge on any atom is 0.329 e. The van der Waals surface area contributed by atoms with Crippen LogP contribution in [0.2, 0.25) is 0 Å². The van der Waals surface area contributed by atoms with E-state index in [1.165, 1.54) is 11.1 Å². The van der Waals surface area contributed by atoms with Gasteiger partial charge in [0.05, 0.1) is 0 Å². The average Bonchev–Trinajstić information content (AvgIpc) is 3.33. The van der Waals surface area contributed by atoms with E-state index in [1.807, 2.05) is 24.4 Å². The number of hydrogen-bond acceptors (Lipinski definition) is 4. The number of para-hydroxylation sites is 1. The molecule has 6 heteroatoms. The molecule has 6 nitrogen and oxygen atoms in total. The Morgan fingerprint density at radius 3 is 2.63 bits per heavy atom. The minimum atomic E-state index is -0.0870. The molecule has 3 aliphatic heterocycles. The van der Waals surface area contributed by atoms with Crippen molar-refractivity contribution in [1.29, 1.82) is 0 Å². The van der Waals surface area contributed by atoms with E-state index >= 15 is 0 Å². The molecule has 0 aromatic heterocycles. The van der Waals surface area contributed by atoms with Crippen LogP contribution in [0.5, 0.6) is 0 Å². The minimum absolute atomic E-state index is 0.0870. The summed E-state index contributed by atoms with van der Waals surface area (Å²) in [5, 5.41) is 3.07. The summed E-state index contributed by atoms with van der Waals surface area (Å²) in [6, 6.07) is 18.7. The highest BCUT2D eigenvalue weighted by Crippen LogP contribution is 2.31. The highest BCUT2D eigenvalue weighted by atomic mass is 16.2. The highest BCUT2D eigenvalue weighted by Gasteiger charge is 2.39. The Morgan fingerprint density at radius 1 is 1.07 bits per heavy atom. The van der Waals surface area contributed by atoms with Gasteiger partial charge in [-0.1, -0.05) is 55.5 Å². The maximum absolute atomic E-state index is 12.8. The van der Waals surface area contributed by atoms with Crippen LogP contribution in [-0.2, 0) is 6.54 Å². The fraction of sp³-hybridized carbons (Fsp3) is 0.333. The van der Waals surface area contributed by atoms with Crippen LogP contribution in [0.4, 0.5) is 10.5 Å². The summed E-state index contributed by atoms with van der Waals surface area (Å²) in [6.45, 7) is 7.67. The Labute approximate surface area is 177 Å². The Kier molecular flexibility index (Phi) is 4.79. The van der Waals surface area contributed by atoms with Crippen molar-refractivity contribution >= 4 is 17.6 Å². The fourth-order valence-electron chi connectivity index (χ4n) is 4.66. The number of rotatable bonds is 4. The van der Waals surface area contributed by atoms with E-state index < -0.39 is 0 Å². The largest absolute Gasteiger partial charge is 0.329 e. The normalized spacial score (nSPS) is 23.9. The average molecular weight is 402 g/mol. The number of anilines is 1. The molecule has 2 unspecified atom stereocenters. The number of aliphatic imine (C=N–C) groups is 1. The molecule has 1 N–H and O–H groups in total. The van der Waals surface area contributed by atoms with Crippen molar-refractivity contribution in [1.82, 2.24) is 15.1 Å². The van der Waals surface area contributed by atoms with Crippen molar-refractivity contribution in [3.05, 3.63) is 77.7 Å². The van der Waals surface area contributed by atoms with Crippen molar-refractivity contribution in [2.75, 3.05) is 24.7 Å². The molecule has 5 rings (SSSR count). The number of nitrogens with one attached hydrogen (secondary N) is 1. The summed E-state index contributed by atoms with van der Waals surface area (Å²) < 4.78 is 0. The molecule has 3 heterocycles. The van der Waals surface area contributed by atoms with Crippen molar-refractivity contribution in [3.8, 4) is 0 Å². The molecule has 0 bridgehead atoms. The van der Waals surface area contributed by atoms with Crippen LogP contribution in [0.25, 0.3) is 0 Å². The van der Waals surface area contributed by atoms with Gasteiger partial charge in [-0.2, -0.15) is 0 Å². The molecule has 0 saturated carbocycles. The number of amides is 2. The Hall–Kier alpha value is -3.12. The number of nitrogens with zero attached hydrogens (tertiary/aromatic N) is 4. The zero-order valence-electron chi connectivity index (χ0n) is 17.5. The lowest BCUT2D eigenvalue weighted by molar-refractivity contribution is 0.216. The SMILES string of the molecule is Cc1ccccc1N1C=C2N=C(C3CN(Cc4ccccc4)CC3C)NC(=O)N2C1. The molecule has 2 atom stereocenters. The molecule has 0 aliphatic carbocycles. The zero-order valence-corrected chi connectivity index (χ0v) is 17.5. The van der Waals surface area contributed by atoms with Crippen LogP contribution >= 0.6 is 0 Å². The smallest absolute Gasteiger partial charge is 0.325 e. The summed E-state index contributed by atoms with van der Waals surface area (Å²) in [7, 11) is 0. The van der Waals surface area contributed by atoms with E-state index in [0.717, 1.165) is 37.0 Å². The van der Waals surface area contributed by atoms with Crippen LogP contribution in [0.15, 0.2) is 71.6 Å². The molecule has 2 aromatic rings. The number of aryl methyl sites for hydroxylation is 1. The van der Waals surface area contributed by atoms with Gasteiger partial charge in [0.2, 0.25) is 0 Å². The Balaban J connectivity index is 1.35. The molecular formula is C24H27N5O. The number of carbonyl (C=O) groups excluding carboxylic acids is 1. The number of likely N-dealkylation sites (tertiary alicyclic amines) is 1. The van der Waals surface area contributed by atoms with E-state index in [2.05, 4.69) is 65.4 Å². The van der Waals surface area contributed by atoms with Crippen molar-refractivity contribution in [2.45, 2.75) is 20.4 Å². The van der Waals surface area contributed by atoms with Crippen molar-refractivity contribution in [2.24, 2.45) is 16.8 Å². The predicted molar refractivity (Wildman–Crippen MR) is 119 cm³/mol. The summed E-state index contributed by atoms with van der Waals surface area (Å²) in [5.74, 6) is 2.20. The van der Waals surface area contributed by atoms with Gasteiger partial charge in [0.15, 0.2) is 5.82 Å². The fourth-order valence-corrected chi connectivity index (χ4v) is 4.66. The van der Waals surface area contributed by atoms with Gasteiger partial charge in [-0.05, 0) is 30.0 Å². The lowest BCUT2D eigenvalue weighted by Gasteiger charge is -2.28. The van der Waals surface area contributed by atoms with Gasteiger partial charge in [0, 0.05) is 37.4 Å². The van der Waals surface area contributed by atoms with Crippen molar-refractivity contribution in [3.63, 3.8) is 0 Å². The van der Waals surface area contributed by atoms with Gasteiger partial charge < -0.3 is 4.90 Å². The molecule has 0 radical (unpaired) electrons. The van der Waals surface area contributed by atoms with Gasteiger partial charge >= 0.3 is 6.03 Å². The molecule has 0 spiro atoms. The monoisotopic (exact) mass is 401 g/mol. The summed E-state index contributed by atoms with van der Waals surface area (Å²) >= 11 is 0. The van der Waals surface area contributed by atoms with Crippen LogP contribution in [0.1, 0.15) is 18.1 Å². The lowest BCUT2D eigenvalue weighted by Crippen LogP contribution is -2.49. The standard InChI is InChI=1S/C24H27N5O/c1-17-8-6-7-11-21(17)28-15-22-25-23(26-24(30)29(22)16-28)20-14-27(12-18(20)2)13-19-9-4-3-5-10-19/h3-11,15,18,20H,12-14,16H2,1-2H3,(H,25,26,30). The first-order valence-electron chi connectivity index (χ1n) is 10.6. The van der Waals surface area contributed by atoms with Gasteiger partial charge in [-0.3, -0.25) is 15.1 Å². The van der Waals surface area contributed by atoms with Gasteiger partial charge in [-0.15, -0.1) is 0 Å². The van der Waals surface area contributed by atoms with E-state index in [9.17, 15) is 4.79 Å². The maximum atomic E-state index is 12.8. The van der Waals surface area contributed by atoms with Crippen LogP contribution in [0, 0.1) is 18.8 Å². The van der Waals surface area contributed by atoms with E-state index in [1.54, 1.807) is 4.90 Å². The topological polar surface area (TPSA) is 51.2 Å². The van der Waals surface area contributed by atoms with Crippen LogP contribution < -0.4 is 10.2 Å². The van der Waals surface area contributed by atoms with Gasteiger partial charge in [0.25, 0.3) is 0 Å². The Bertz CT molecular complexity index is 1020. The molecule has 1 fully saturated rings. The van der Waals surface area contributed by atoms with Crippen LogP contribution in [0.3, 0.4) is 0 Å². The highest BCUT2D eigenvalue weighted by molar-refractivity contribution is 6.02. The number of hydrogen-bond donors (Lipinski definition) is 1. The number of benzene rings is 2. The molecule has 30 heavy (non-hydrogen) atoms. The predicted octanol–water partition coefficient (Wildman–Crippen LogP) is 3.76. The molecule has 1 saturated heterocycles. The second-order valence-corrected chi connectivity index (χ2v) is 8.50. The van der Waals surface area contributed by atoms with E-state index in [-0.39, 0.29) is 11.9 Å². The summed E-state index contributed by atoms with van der Waals surface area (Å²) in [5.41, 5.74) is 3.60. The second kappa shape index (κ2) is 7.61. The minimum Gasteiger partial charge on any atom is -0.325 e. The van der Waals surface area contributed by atoms with Crippen molar-refractivity contribution < 1.29 is 4.79 Å². The summed E-state index contributed by atoms with van der Waals surface area (Å²) in [6.07, 6.45) is 1.99. The van der Waals surface area contributed by atoms with Crippen LogP contribution in [-0.4, -0.2) is 41.4 Å². The van der Waals surface area contributed by atoms with Gasteiger partial charge in [0.1, 0.15) is 12.5 Å². The zero-order chi connectivity index (χ0) is 20.7. The first kappa shape index (κ1) is 18.9. The number of fused-ring (bicyclic) bond motifs is 1. The second-order valence-electron chi connectivity index (χ2n) is 8.50. The third-order valence-corrected chi connectivity index (χ3v) is 6.27. The van der Waals surface area contributed by atoms with E-state index in [0.29, 0.717) is 12.6 Å². The third-order valence-electron chi connectivity index (χ3n) is 6.27. The van der Waals surface area contributed by atoms with Gasteiger partial charge in [-0.25, -0.2) is 9.79 Å². The first-order valence-corrected chi connectivity index (χ1v) is 10.6.